The maximum absolute atomic E-state index is 13.5. The van der Waals surface area contributed by atoms with Gasteiger partial charge in [0.15, 0.2) is 0 Å². The zero-order valence-corrected chi connectivity index (χ0v) is 19.9. The van der Waals surface area contributed by atoms with Crippen molar-refractivity contribution in [3.8, 4) is 5.75 Å². The van der Waals surface area contributed by atoms with E-state index in [1.54, 1.807) is 48.5 Å². The lowest BCUT2D eigenvalue weighted by Gasteiger charge is -2.23. The summed E-state index contributed by atoms with van der Waals surface area (Å²) in [7, 11) is -3.66. The number of para-hydroxylation sites is 1. The highest BCUT2D eigenvalue weighted by molar-refractivity contribution is 7.92. The first kappa shape index (κ1) is 24.8. The Balaban J connectivity index is 1.60. The second-order valence-electron chi connectivity index (χ2n) is 7.10. The van der Waals surface area contributed by atoms with Crippen LogP contribution in [0.15, 0.2) is 66.7 Å². The van der Waals surface area contributed by atoms with Gasteiger partial charge in [-0.2, -0.15) is 0 Å². The second-order valence-corrected chi connectivity index (χ2v) is 9.82. The number of benzene rings is 3. The number of carbonyl (C=O) groups is 1. The average Bonchev–Trinajstić information content (AvgIpc) is 2.77. The number of nitrogens with zero attached hydrogens (tertiary/aromatic N) is 1. The predicted molar refractivity (Wildman–Crippen MR) is 128 cm³/mol. The first-order chi connectivity index (χ1) is 15.6. The molecule has 174 valence electrons. The van der Waals surface area contributed by atoms with Crippen LogP contribution in [0, 0.1) is 5.82 Å². The molecule has 10 heteroatoms. The molecule has 0 aliphatic heterocycles. The standard InChI is InChI=1S/C23H21Cl2FN2O4S/c1-33(30,31)28(18-10-11-21(26)20(25)14-18)15-16-6-8-17(9-7-16)23(29)27-12-13-32-22-5-3-2-4-19(22)24/h2-11,14H,12-13,15H2,1H3,(H,27,29). The normalized spacial score (nSPS) is 11.2. The van der Waals surface area contributed by atoms with Gasteiger partial charge in [-0.1, -0.05) is 47.5 Å². The van der Waals surface area contributed by atoms with E-state index in [-0.39, 0.29) is 36.3 Å². The Morgan fingerprint density at radius 2 is 1.73 bits per heavy atom. The molecule has 0 unspecified atom stereocenters. The molecule has 6 nitrogen and oxygen atoms in total. The Kier molecular flexibility index (Phi) is 8.18. The SMILES string of the molecule is CS(=O)(=O)N(Cc1ccc(C(=O)NCCOc2ccccc2Cl)cc1)c1ccc(F)c(Cl)c1. The highest BCUT2D eigenvalue weighted by Crippen LogP contribution is 2.26. The van der Waals surface area contributed by atoms with Crippen molar-refractivity contribution in [1.82, 2.24) is 5.32 Å². The van der Waals surface area contributed by atoms with Crippen LogP contribution < -0.4 is 14.4 Å². The number of amides is 1. The topological polar surface area (TPSA) is 75.7 Å². The molecule has 0 fully saturated rings. The molecular weight excluding hydrogens is 490 g/mol. The van der Waals surface area contributed by atoms with Crippen molar-refractivity contribution in [2.24, 2.45) is 0 Å². The third kappa shape index (κ3) is 6.83. The Bertz CT molecular complexity index is 1240. The molecule has 3 aromatic rings. The molecular formula is C23H21Cl2FN2O4S. The van der Waals surface area contributed by atoms with E-state index in [0.717, 1.165) is 16.6 Å². The van der Waals surface area contributed by atoms with E-state index in [1.165, 1.54) is 12.1 Å². The van der Waals surface area contributed by atoms with Gasteiger partial charge in [0, 0.05) is 5.56 Å². The lowest BCUT2D eigenvalue weighted by Crippen LogP contribution is -2.29. The molecule has 0 aliphatic rings. The van der Waals surface area contributed by atoms with Gasteiger partial charge in [0.2, 0.25) is 10.0 Å². The zero-order chi connectivity index (χ0) is 24.0. The number of sulfonamides is 1. The van der Waals surface area contributed by atoms with Gasteiger partial charge in [0.1, 0.15) is 18.2 Å². The number of ether oxygens (including phenoxy) is 1. The third-order valence-corrected chi connectivity index (χ3v) is 6.36. The van der Waals surface area contributed by atoms with Crippen LogP contribution in [0.4, 0.5) is 10.1 Å². The Hall–Kier alpha value is -2.81. The summed E-state index contributed by atoms with van der Waals surface area (Å²) in [5.74, 6) is -0.397. The first-order valence-corrected chi connectivity index (χ1v) is 12.4. The van der Waals surface area contributed by atoms with Crippen molar-refractivity contribution in [3.05, 3.63) is 93.7 Å². The predicted octanol–water partition coefficient (Wildman–Crippen LogP) is 4.91. The van der Waals surface area contributed by atoms with E-state index in [0.29, 0.717) is 21.9 Å². The molecule has 1 N–H and O–H groups in total. The molecule has 3 rings (SSSR count). The van der Waals surface area contributed by atoms with Crippen LogP contribution in [0.5, 0.6) is 5.75 Å². The molecule has 0 bridgehead atoms. The maximum atomic E-state index is 13.5. The molecule has 0 saturated heterocycles. The van der Waals surface area contributed by atoms with Crippen molar-refractivity contribution >= 4 is 44.8 Å². The fourth-order valence-electron chi connectivity index (χ4n) is 2.96. The quantitative estimate of drug-likeness (QED) is 0.415. The largest absolute Gasteiger partial charge is 0.490 e. The lowest BCUT2D eigenvalue weighted by atomic mass is 10.1. The van der Waals surface area contributed by atoms with E-state index in [9.17, 15) is 17.6 Å². The van der Waals surface area contributed by atoms with E-state index in [4.69, 9.17) is 27.9 Å². The number of rotatable bonds is 9. The number of hydrogen-bond acceptors (Lipinski definition) is 4. The van der Waals surface area contributed by atoms with Crippen molar-refractivity contribution < 1.29 is 22.3 Å². The van der Waals surface area contributed by atoms with Crippen molar-refractivity contribution in [3.63, 3.8) is 0 Å². The van der Waals surface area contributed by atoms with Crippen molar-refractivity contribution in [2.45, 2.75) is 6.54 Å². The molecule has 0 heterocycles. The van der Waals surface area contributed by atoms with Crippen LogP contribution >= 0.6 is 23.2 Å². The van der Waals surface area contributed by atoms with Gasteiger partial charge in [-0.3, -0.25) is 9.10 Å². The molecule has 0 spiro atoms. The zero-order valence-electron chi connectivity index (χ0n) is 17.6. The maximum Gasteiger partial charge on any atom is 0.251 e. The summed E-state index contributed by atoms with van der Waals surface area (Å²) in [6.45, 7) is 0.518. The van der Waals surface area contributed by atoms with Crippen molar-refractivity contribution in [1.29, 1.82) is 0 Å². The van der Waals surface area contributed by atoms with E-state index >= 15 is 0 Å². The van der Waals surface area contributed by atoms with Gasteiger partial charge >= 0.3 is 0 Å². The van der Waals surface area contributed by atoms with Gasteiger partial charge in [0.05, 0.1) is 35.1 Å². The number of nitrogens with one attached hydrogen (secondary N) is 1. The van der Waals surface area contributed by atoms with Crippen molar-refractivity contribution in [2.75, 3.05) is 23.7 Å². The van der Waals surface area contributed by atoms with E-state index in [1.807, 2.05) is 0 Å². The van der Waals surface area contributed by atoms with E-state index < -0.39 is 15.8 Å². The molecule has 0 atom stereocenters. The minimum atomic E-state index is -3.66. The van der Waals surface area contributed by atoms with Crippen LogP contribution in [0.2, 0.25) is 10.0 Å². The summed E-state index contributed by atoms with van der Waals surface area (Å²) in [5, 5.41) is 3.06. The molecule has 33 heavy (non-hydrogen) atoms. The van der Waals surface area contributed by atoms with Gasteiger partial charge < -0.3 is 10.1 Å². The number of carbonyl (C=O) groups excluding carboxylic acids is 1. The highest BCUT2D eigenvalue weighted by Gasteiger charge is 2.19. The summed E-state index contributed by atoms with van der Waals surface area (Å²) in [4.78, 5) is 12.4. The molecule has 3 aromatic carbocycles. The fourth-order valence-corrected chi connectivity index (χ4v) is 4.20. The molecule has 0 radical (unpaired) electrons. The molecule has 0 aromatic heterocycles. The Morgan fingerprint density at radius 3 is 2.36 bits per heavy atom. The van der Waals surface area contributed by atoms with Crippen LogP contribution in [-0.4, -0.2) is 33.7 Å². The molecule has 1 amide bonds. The summed E-state index contributed by atoms with van der Waals surface area (Å²) in [6, 6.07) is 17.3. The van der Waals surface area contributed by atoms with Crippen LogP contribution in [0.3, 0.4) is 0 Å². The van der Waals surface area contributed by atoms with Gasteiger partial charge in [0.25, 0.3) is 5.91 Å². The van der Waals surface area contributed by atoms with Gasteiger partial charge in [-0.05, 0) is 48.0 Å². The molecule has 0 saturated carbocycles. The van der Waals surface area contributed by atoms with Crippen LogP contribution in [-0.2, 0) is 16.6 Å². The number of hydrogen-bond donors (Lipinski definition) is 1. The summed E-state index contributed by atoms with van der Waals surface area (Å²) >= 11 is 11.8. The van der Waals surface area contributed by atoms with Gasteiger partial charge in [-0.15, -0.1) is 0 Å². The summed E-state index contributed by atoms with van der Waals surface area (Å²) in [5.41, 5.74) is 1.29. The lowest BCUT2D eigenvalue weighted by molar-refractivity contribution is 0.0947. The number of anilines is 1. The summed E-state index contributed by atoms with van der Waals surface area (Å²) in [6.07, 6.45) is 1.05. The number of halogens is 3. The smallest absolute Gasteiger partial charge is 0.251 e. The Labute approximate surface area is 201 Å². The van der Waals surface area contributed by atoms with E-state index in [2.05, 4.69) is 5.32 Å². The first-order valence-electron chi connectivity index (χ1n) is 9.82. The summed E-state index contributed by atoms with van der Waals surface area (Å²) < 4.78 is 44.7. The fraction of sp³-hybridized carbons (Fsp3) is 0.174. The monoisotopic (exact) mass is 510 g/mol. The highest BCUT2D eigenvalue weighted by atomic mass is 35.5. The second kappa shape index (κ2) is 10.9. The third-order valence-electron chi connectivity index (χ3n) is 4.62. The minimum Gasteiger partial charge on any atom is -0.490 e. The Morgan fingerprint density at radius 1 is 1.03 bits per heavy atom. The minimum absolute atomic E-state index is 0.00559. The van der Waals surface area contributed by atoms with Crippen LogP contribution in [0.25, 0.3) is 0 Å². The average molecular weight is 511 g/mol. The van der Waals surface area contributed by atoms with Gasteiger partial charge in [-0.25, -0.2) is 12.8 Å². The van der Waals surface area contributed by atoms with Crippen LogP contribution in [0.1, 0.15) is 15.9 Å². The molecule has 0 aliphatic carbocycles.